The molecule has 1 aliphatic rings. The van der Waals surface area contributed by atoms with Crippen molar-refractivity contribution in [1.82, 2.24) is 4.90 Å². The summed E-state index contributed by atoms with van der Waals surface area (Å²) in [5, 5.41) is 21.3. The van der Waals surface area contributed by atoms with E-state index in [-0.39, 0.29) is 29.4 Å². The summed E-state index contributed by atoms with van der Waals surface area (Å²) in [5.74, 6) is -1.06. The summed E-state index contributed by atoms with van der Waals surface area (Å²) < 4.78 is 16.2. The van der Waals surface area contributed by atoms with Gasteiger partial charge >= 0.3 is 0 Å². The van der Waals surface area contributed by atoms with Gasteiger partial charge in [0, 0.05) is 25.8 Å². The first-order chi connectivity index (χ1) is 18.3. The number of amides is 1. The molecule has 0 saturated carbocycles. The number of nitrogens with zero attached hydrogens (tertiary/aromatic N) is 1. The third-order valence-electron chi connectivity index (χ3n) is 6.42. The molecule has 38 heavy (non-hydrogen) atoms. The van der Waals surface area contributed by atoms with Gasteiger partial charge in [-0.2, -0.15) is 0 Å². The first-order valence-electron chi connectivity index (χ1n) is 12.3. The van der Waals surface area contributed by atoms with Gasteiger partial charge in [-0.25, -0.2) is 0 Å². The zero-order valence-corrected chi connectivity index (χ0v) is 21.6. The van der Waals surface area contributed by atoms with Crippen molar-refractivity contribution in [2.45, 2.75) is 26.0 Å². The molecular formula is C30H31NO7. The first-order valence-corrected chi connectivity index (χ1v) is 12.3. The summed E-state index contributed by atoms with van der Waals surface area (Å²) in [4.78, 5) is 27.6. The van der Waals surface area contributed by atoms with Crippen LogP contribution in [0, 0.1) is 6.92 Å². The lowest BCUT2D eigenvalue weighted by molar-refractivity contribution is -0.140. The Bertz CT molecular complexity index is 1350. The number of carbonyl (C=O) groups excluding carboxylic acids is 2. The number of Topliss-reactive ketones (excluding diaryl/α,β-unsaturated/α-hetero) is 1. The molecule has 4 rings (SSSR count). The topological polar surface area (TPSA) is 106 Å². The minimum Gasteiger partial charge on any atom is -0.507 e. The number of hydrogen-bond donors (Lipinski definition) is 2. The molecule has 0 radical (unpaired) electrons. The van der Waals surface area contributed by atoms with E-state index in [1.165, 1.54) is 18.1 Å². The Hall–Kier alpha value is -4.30. The van der Waals surface area contributed by atoms with E-state index in [1.807, 2.05) is 31.2 Å². The average molecular weight is 518 g/mol. The fraction of sp³-hybridized carbons (Fsp3) is 0.267. The van der Waals surface area contributed by atoms with Crippen LogP contribution >= 0.6 is 0 Å². The molecule has 0 unspecified atom stereocenters. The summed E-state index contributed by atoms with van der Waals surface area (Å²) in [6.07, 6.45) is 0.502. The van der Waals surface area contributed by atoms with Crippen LogP contribution in [0.3, 0.4) is 0 Å². The van der Waals surface area contributed by atoms with Crippen LogP contribution in [0.1, 0.15) is 34.7 Å². The lowest BCUT2D eigenvalue weighted by Gasteiger charge is -2.25. The van der Waals surface area contributed by atoms with Gasteiger partial charge in [-0.1, -0.05) is 35.9 Å². The smallest absolute Gasteiger partial charge is 0.295 e. The Balaban J connectivity index is 1.66. The molecule has 8 heteroatoms. The summed E-state index contributed by atoms with van der Waals surface area (Å²) >= 11 is 0. The number of ketones is 1. The highest BCUT2D eigenvalue weighted by molar-refractivity contribution is 6.46. The molecule has 3 aromatic rings. The van der Waals surface area contributed by atoms with Crippen LogP contribution in [0.4, 0.5) is 0 Å². The Morgan fingerprint density at radius 2 is 1.76 bits per heavy atom. The van der Waals surface area contributed by atoms with Crippen molar-refractivity contribution in [3.63, 3.8) is 0 Å². The number of phenolic OH excluding ortho intramolecular Hbond substituents is 1. The van der Waals surface area contributed by atoms with Gasteiger partial charge < -0.3 is 29.3 Å². The van der Waals surface area contributed by atoms with Gasteiger partial charge in [0.15, 0.2) is 11.5 Å². The number of aromatic hydroxyl groups is 1. The summed E-state index contributed by atoms with van der Waals surface area (Å²) in [5.41, 5.74) is 3.05. The summed E-state index contributed by atoms with van der Waals surface area (Å²) in [7, 11) is 2.97. The molecule has 1 heterocycles. The number of rotatable bonds is 10. The number of ether oxygens (including phenoxy) is 3. The van der Waals surface area contributed by atoms with Crippen LogP contribution in [0.15, 0.2) is 72.3 Å². The lowest BCUT2D eigenvalue weighted by Crippen LogP contribution is -2.31. The van der Waals surface area contributed by atoms with Gasteiger partial charge in [-0.3, -0.25) is 9.59 Å². The fourth-order valence-corrected chi connectivity index (χ4v) is 4.53. The number of hydrogen-bond acceptors (Lipinski definition) is 7. The molecule has 0 bridgehead atoms. The predicted molar refractivity (Wildman–Crippen MR) is 142 cm³/mol. The van der Waals surface area contributed by atoms with Crippen molar-refractivity contribution in [3.05, 3.63) is 94.6 Å². The standard InChI is InChI=1S/C30H31NO7/c1-19-6-4-7-20(16-19)18-38-23-11-8-21(9-12-23)28(33)26-27(22-10-13-24(32)25(17-22)37-3)31(14-5-15-36-2)30(35)29(26)34/h4,6-13,16-17,27,32-33H,5,14-15,18H2,1-3H3/t27-/m1/s1. The van der Waals surface area contributed by atoms with E-state index in [0.29, 0.717) is 36.5 Å². The molecule has 1 amide bonds. The number of methoxy groups -OCH3 is 2. The SMILES string of the molecule is COCCCN1C(=O)C(=O)C(=C(O)c2ccc(OCc3cccc(C)c3)cc2)[C@H]1c1ccc(O)c(OC)c1. The average Bonchev–Trinajstić information content (AvgIpc) is 3.17. The quantitative estimate of drug-likeness (QED) is 0.173. The van der Waals surface area contributed by atoms with Crippen LogP contribution in [0.5, 0.6) is 17.2 Å². The minimum atomic E-state index is -0.862. The largest absolute Gasteiger partial charge is 0.507 e. The van der Waals surface area contributed by atoms with E-state index in [0.717, 1.165) is 11.1 Å². The normalized spacial score (nSPS) is 16.6. The van der Waals surface area contributed by atoms with E-state index in [4.69, 9.17) is 14.2 Å². The third-order valence-corrected chi connectivity index (χ3v) is 6.42. The number of carbonyl (C=O) groups is 2. The number of benzene rings is 3. The maximum absolute atomic E-state index is 13.2. The molecule has 1 fully saturated rings. The molecule has 0 aliphatic carbocycles. The Morgan fingerprint density at radius 1 is 1.00 bits per heavy atom. The number of likely N-dealkylation sites (tertiary alicyclic amines) is 1. The number of aliphatic hydroxyl groups is 1. The van der Waals surface area contributed by atoms with E-state index in [9.17, 15) is 19.8 Å². The summed E-state index contributed by atoms with van der Waals surface area (Å²) in [6, 6.07) is 18.5. The minimum absolute atomic E-state index is 0.0337. The van der Waals surface area contributed by atoms with Crippen LogP contribution in [-0.4, -0.2) is 54.2 Å². The number of phenols is 1. The van der Waals surface area contributed by atoms with Gasteiger partial charge in [-0.15, -0.1) is 0 Å². The highest BCUT2D eigenvalue weighted by Gasteiger charge is 2.46. The summed E-state index contributed by atoms with van der Waals surface area (Å²) in [6.45, 7) is 3.06. The van der Waals surface area contributed by atoms with E-state index >= 15 is 0 Å². The number of aryl methyl sites for hydroxylation is 1. The van der Waals surface area contributed by atoms with Crippen LogP contribution in [-0.2, 0) is 20.9 Å². The lowest BCUT2D eigenvalue weighted by atomic mass is 9.95. The molecule has 3 aromatic carbocycles. The van der Waals surface area contributed by atoms with Crippen molar-refractivity contribution in [1.29, 1.82) is 0 Å². The fourth-order valence-electron chi connectivity index (χ4n) is 4.53. The van der Waals surface area contributed by atoms with E-state index < -0.39 is 17.7 Å². The zero-order valence-electron chi connectivity index (χ0n) is 21.6. The Morgan fingerprint density at radius 3 is 2.45 bits per heavy atom. The molecular weight excluding hydrogens is 486 g/mol. The second kappa shape index (κ2) is 11.8. The second-order valence-electron chi connectivity index (χ2n) is 9.07. The molecule has 1 atom stereocenters. The van der Waals surface area contributed by atoms with Crippen molar-refractivity contribution in [3.8, 4) is 17.2 Å². The molecule has 8 nitrogen and oxygen atoms in total. The van der Waals surface area contributed by atoms with Gasteiger partial charge in [0.25, 0.3) is 11.7 Å². The molecule has 198 valence electrons. The van der Waals surface area contributed by atoms with Crippen molar-refractivity contribution >= 4 is 17.4 Å². The van der Waals surface area contributed by atoms with Crippen LogP contribution in [0.2, 0.25) is 0 Å². The maximum atomic E-state index is 13.2. The zero-order chi connectivity index (χ0) is 27.2. The van der Waals surface area contributed by atoms with Gasteiger partial charge in [0.05, 0.1) is 18.7 Å². The van der Waals surface area contributed by atoms with Crippen LogP contribution in [0.25, 0.3) is 5.76 Å². The monoisotopic (exact) mass is 517 g/mol. The van der Waals surface area contributed by atoms with Crippen molar-refractivity contribution in [2.24, 2.45) is 0 Å². The first kappa shape index (κ1) is 26.8. The van der Waals surface area contributed by atoms with E-state index in [2.05, 4.69) is 0 Å². The van der Waals surface area contributed by atoms with Crippen molar-refractivity contribution in [2.75, 3.05) is 27.4 Å². The molecule has 1 saturated heterocycles. The molecule has 0 aromatic heterocycles. The van der Waals surface area contributed by atoms with Gasteiger partial charge in [-0.05, 0) is 60.9 Å². The number of aliphatic hydroxyl groups excluding tert-OH is 1. The highest BCUT2D eigenvalue weighted by Crippen LogP contribution is 2.42. The van der Waals surface area contributed by atoms with Crippen LogP contribution < -0.4 is 9.47 Å². The Labute approximate surface area is 221 Å². The second-order valence-corrected chi connectivity index (χ2v) is 9.07. The van der Waals surface area contributed by atoms with Gasteiger partial charge in [0.2, 0.25) is 0 Å². The predicted octanol–water partition coefficient (Wildman–Crippen LogP) is 4.75. The molecule has 2 N–H and O–H groups in total. The highest BCUT2D eigenvalue weighted by atomic mass is 16.5. The van der Waals surface area contributed by atoms with E-state index in [1.54, 1.807) is 43.5 Å². The maximum Gasteiger partial charge on any atom is 0.295 e. The van der Waals surface area contributed by atoms with Gasteiger partial charge in [0.1, 0.15) is 18.1 Å². The molecule has 1 aliphatic heterocycles. The third kappa shape index (κ3) is 5.65. The molecule has 0 spiro atoms. The van der Waals surface area contributed by atoms with Crippen molar-refractivity contribution < 1.29 is 34.0 Å². The Kier molecular flexibility index (Phi) is 8.33.